The SMILES string of the molecule is CCc1cccc2c(CCNC(=NC)N3CCCC(CC(N)=O)C3)c[nH]c12.I. The molecule has 0 aliphatic carbocycles. The van der Waals surface area contributed by atoms with Crippen molar-refractivity contribution in [2.75, 3.05) is 26.7 Å². The minimum Gasteiger partial charge on any atom is -0.370 e. The number of nitrogens with one attached hydrogen (secondary N) is 2. The van der Waals surface area contributed by atoms with Crippen molar-refractivity contribution >= 4 is 46.7 Å². The molecule has 1 fully saturated rings. The number of piperidine rings is 1. The third-order valence-corrected chi connectivity index (χ3v) is 5.47. The maximum Gasteiger partial charge on any atom is 0.217 e. The molecule has 0 spiro atoms. The lowest BCUT2D eigenvalue weighted by Crippen LogP contribution is -2.47. The van der Waals surface area contributed by atoms with E-state index in [9.17, 15) is 4.79 Å². The van der Waals surface area contributed by atoms with Crippen molar-refractivity contribution in [1.29, 1.82) is 0 Å². The van der Waals surface area contributed by atoms with E-state index in [0.29, 0.717) is 12.3 Å². The zero-order valence-corrected chi connectivity index (χ0v) is 19.2. The van der Waals surface area contributed by atoms with Gasteiger partial charge in [-0.3, -0.25) is 9.79 Å². The maximum absolute atomic E-state index is 11.2. The monoisotopic (exact) mass is 497 g/mol. The van der Waals surface area contributed by atoms with Gasteiger partial charge in [-0.25, -0.2) is 0 Å². The fourth-order valence-corrected chi connectivity index (χ4v) is 4.13. The van der Waals surface area contributed by atoms with E-state index >= 15 is 0 Å². The highest BCUT2D eigenvalue weighted by Gasteiger charge is 2.23. The Morgan fingerprint density at radius 1 is 1.39 bits per heavy atom. The molecule has 1 aliphatic rings. The summed E-state index contributed by atoms with van der Waals surface area (Å²) in [5.41, 5.74) is 9.31. The van der Waals surface area contributed by atoms with E-state index in [1.54, 1.807) is 0 Å². The molecule has 7 heteroatoms. The van der Waals surface area contributed by atoms with E-state index in [-0.39, 0.29) is 29.9 Å². The molecule has 0 bridgehead atoms. The van der Waals surface area contributed by atoms with Crippen molar-refractivity contribution in [3.05, 3.63) is 35.5 Å². The van der Waals surface area contributed by atoms with Crippen LogP contribution in [0, 0.1) is 5.92 Å². The molecule has 1 amide bonds. The fraction of sp³-hybridized carbons (Fsp3) is 0.524. The third-order valence-electron chi connectivity index (χ3n) is 5.47. The second kappa shape index (κ2) is 10.7. The molecule has 28 heavy (non-hydrogen) atoms. The van der Waals surface area contributed by atoms with E-state index in [1.807, 2.05) is 7.05 Å². The highest BCUT2D eigenvalue weighted by Crippen LogP contribution is 2.23. The fourth-order valence-electron chi connectivity index (χ4n) is 4.13. The molecule has 1 aromatic heterocycles. The predicted molar refractivity (Wildman–Crippen MR) is 126 cm³/mol. The largest absolute Gasteiger partial charge is 0.370 e. The van der Waals surface area contributed by atoms with Gasteiger partial charge in [-0.05, 0) is 42.7 Å². The number of amides is 1. The Morgan fingerprint density at radius 2 is 2.21 bits per heavy atom. The Labute approximate surface area is 184 Å². The van der Waals surface area contributed by atoms with E-state index < -0.39 is 0 Å². The van der Waals surface area contributed by atoms with Crippen LogP contribution in [0.15, 0.2) is 29.4 Å². The van der Waals surface area contributed by atoms with Crippen molar-refractivity contribution in [2.24, 2.45) is 16.6 Å². The second-order valence-electron chi connectivity index (χ2n) is 7.36. The van der Waals surface area contributed by atoms with Crippen LogP contribution in [0.3, 0.4) is 0 Å². The van der Waals surface area contributed by atoms with Gasteiger partial charge in [0.25, 0.3) is 0 Å². The average Bonchev–Trinajstić information content (AvgIpc) is 3.08. The Balaban J connectivity index is 0.00000280. The highest BCUT2D eigenvalue weighted by atomic mass is 127. The Morgan fingerprint density at radius 3 is 2.93 bits per heavy atom. The number of nitrogens with zero attached hydrogens (tertiary/aromatic N) is 2. The number of halogens is 1. The molecule has 0 saturated carbocycles. The number of aromatic nitrogens is 1. The molecule has 1 aromatic carbocycles. The minimum absolute atomic E-state index is 0. The number of hydrogen-bond donors (Lipinski definition) is 3. The molecule has 1 saturated heterocycles. The first kappa shape index (κ1) is 22.5. The van der Waals surface area contributed by atoms with Gasteiger partial charge in [-0.1, -0.05) is 25.1 Å². The molecule has 2 aromatic rings. The van der Waals surface area contributed by atoms with Gasteiger partial charge in [0, 0.05) is 50.2 Å². The number of rotatable bonds is 6. The van der Waals surface area contributed by atoms with Crippen molar-refractivity contribution in [2.45, 2.75) is 39.0 Å². The predicted octanol–water partition coefficient (Wildman–Crippen LogP) is 3.05. The normalized spacial score (nSPS) is 17.4. The first-order valence-electron chi connectivity index (χ1n) is 9.94. The van der Waals surface area contributed by atoms with Gasteiger partial charge in [-0.2, -0.15) is 0 Å². The van der Waals surface area contributed by atoms with Crippen molar-refractivity contribution in [3.8, 4) is 0 Å². The number of carbonyl (C=O) groups excluding carboxylic acids is 1. The lowest BCUT2D eigenvalue weighted by Gasteiger charge is -2.34. The number of fused-ring (bicyclic) bond motifs is 1. The van der Waals surface area contributed by atoms with E-state index in [1.165, 1.54) is 22.0 Å². The first-order chi connectivity index (χ1) is 13.1. The summed E-state index contributed by atoms with van der Waals surface area (Å²) in [5, 5.41) is 4.80. The van der Waals surface area contributed by atoms with Crippen LogP contribution in [0.2, 0.25) is 0 Å². The smallest absolute Gasteiger partial charge is 0.217 e. The van der Waals surface area contributed by atoms with Crippen molar-refractivity contribution in [3.63, 3.8) is 0 Å². The van der Waals surface area contributed by atoms with Gasteiger partial charge in [0.2, 0.25) is 5.91 Å². The van der Waals surface area contributed by atoms with Crippen LogP contribution in [0.4, 0.5) is 0 Å². The third kappa shape index (κ3) is 5.40. The van der Waals surface area contributed by atoms with Gasteiger partial charge in [0.05, 0.1) is 0 Å². The molecule has 1 aliphatic heterocycles. The van der Waals surface area contributed by atoms with Gasteiger partial charge >= 0.3 is 0 Å². The van der Waals surface area contributed by atoms with Crippen LogP contribution >= 0.6 is 24.0 Å². The number of H-pyrrole nitrogens is 1. The molecule has 6 nitrogen and oxygen atoms in total. The number of carbonyl (C=O) groups is 1. The Kier molecular flexibility index (Phi) is 8.59. The number of nitrogens with two attached hydrogens (primary N) is 1. The number of aromatic amines is 1. The highest BCUT2D eigenvalue weighted by molar-refractivity contribution is 14.0. The van der Waals surface area contributed by atoms with Gasteiger partial charge in [-0.15, -0.1) is 24.0 Å². The molecule has 2 heterocycles. The number of aryl methyl sites for hydroxylation is 1. The van der Waals surface area contributed by atoms with Crippen LogP contribution in [-0.4, -0.2) is 48.4 Å². The van der Waals surface area contributed by atoms with E-state index in [4.69, 9.17) is 5.73 Å². The number of primary amides is 1. The number of guanidine groups is 1. The van der Waals surface area contributed by atoms with Crippen LogP contribution in [-0.2, 0) is 17.6 Å². The van der Waals surface area contributed by atoms with Gasteiger partial charge in [0.15, 0.2) is 5.96 Å². The summed E-state index contributed by atoms with van der Waals surface area (Å²) in [6.45, 7) is 4.83. The minimum atomic E-state index is -0.212. The maximum atomic E-state index is 11.2. The Hall–Kier alpha value is -1.77. The zero-order chi connectivity index (χ0) is 19.2. The first-order valence-corrected chi connectivity index (χ1v) is 9.94. The van der Waals surface area contributed by atoms with Crippen LogP contribution in [0.1, 0.15) is 37.3 Å². The Bertz CT molecular complexity index is 816. The summed E-state index contributed by atoms with van der Waals surface area (Å²) in [4.78, 5) is 21.4. The molecular formula is C21H32IN5O. The lowest BCUT2D eigenvalue weighted by atomic mass is 9.95. The molecule has 0 radical (unpaired) electrons. The molecule has 3 rings (SSSR count). The van der Waals surface area contributed by atoms with Crippen molar-refractivity contribution in [1.82, 2.24) is 15.2 Å². The van der Waals surface area contributed by atoms with Crippen molar-refractivity contribution < 1.29 is 4.79 Å². The summed E-state index contributed by atoms with van der Waals surface area (Å²) in [7, 11) is 1.82. The number of aliphatic imine (C=N–C) groups is 1. The molecule has 4 N–H and O–H groups in total. The topological polar surface area (TPSA) is 86.5 Å². The van der Waals surface area contributed by atoms with Gasteiger partial charge in [0.1, 0.15) is 0 Å². The summed E-state index contributed by atoms with van der Waals surface area (Å²) < 4.78 is 0. The quantitative estimate of drug-likeness (QED) is 0.326. The number of benzene rings is 1. The average molecular weight is 497 g/mol. The van der Waals surface area contributed by atoms with E-state index in [2.05, 4.69) is 51.5 Å². The molecular weight excluding hydrogens is 465 g/mol. The van der Waals surface area contributed by atoms with Crippen LogP contribution < -0.4 is 11.1 Å². The summed E-state index contributed by atoms with van der Waals surface area (Å²) in [5.74, 6) is 1.03. The van der Waals surface area contributed by atoms with E-state index in [0.717, 1.165) is 51.3 Å². The summed E-state index contributed by atoms with van der Waals surface area (Å²) >= 11 is 0. The molecule has 154 valence electrons. The lowest BCUT2D eigenvalue weighted by molar-refractivity contribution is -0.119. The number of likely N-dealkylation sites (tertiary alicyclic amines) is 1. The molecule has 1 atom stereocenters. The molecule has 1 unspecified atom stereocenters. The standard InChI is InChI=1S/C21H31N5O.HI/c1-3-16-7-4-8-18-17(13-25-20(16)18)9-10-24-21(23-2)26-11-5-6-15(14-26)12-19(22)27;/h4,7-8,13,15,25H,3,5-6,9-12,14H2,1-2H3,(H2,22,27)(H,23,24);1H. The number of para-hydroxylation sites is 1. The number of hydrogen-bond acceptors (Lipinski definition) is 2. The van der Waals surface area contributed by atoms with Crippen LogP contribution in [0.25, 0.3) is 10.9 Å². The summed E-state index contributed by atoms with van der Waals surface area (Å²) in [6, 6.07) is 6.51. The van der Waals surface area contributed by atoms with Crippen LogP contribution in [0.5, 0.6) is 0 Å². The zero-order valence-electron chi connectivity index (χ0n) is 16.8. The summed E-state index contributed by atoms with van der Waals surface area (Å²) in [6.07, 6.45) is 6.68. The second-order valence-corrected chi connectivity index (χ2v) is 7.36. The van der Waals surface area contributed by atoms with Gasteiger partial charge < -0.3 is 20.9 Å².